The summed E-state index contributed by atoms with van der Waals surface area (Å²) in [5.74, 6) is 0.410. The number of nitro groups is 1. The third-order valence-electron chi connectivity index (χ3n) is 2.68. The number of nitrogens with one attached hydrogen (secondary N) is 2. The first kappa shape index (κ1) is 15.0. The van der Waals surface area contributed by atoms with Gasteiger partial charge in [0, 0.05) is 6.54 Å². The van der Waals surface area contributed by atoms with Gasteiger partial charge in [0.25, 0.3) is 0 Å². The molecular weight excluding hydrogens is 294 g/mol. The fourth-order valence-electron chi connectivity index (χ4n) is 1.71. The Morgan fingerprint density at radius 2 is 2.19 bits per heavy atom. The van der Waals surface area contributed by atoms with Gasteiger partial charge in [-0.05, 0) is 31.5 Å². The maximum absolute atomic E-state index is 11.1. The van der Waals surface area contributed by atoms with E-state index in [1.807, 2.05) is 19.9 Å². The van der Waals surface area contributed by atoms with Crippen molar-refractivity contribution in [3.8, 4) is 0 Å². The predicted molar refractivity (Wildman–Crippen MR) is 82.3 cm³/mol. The standard InChI is InChI=1S/C13H14ClN5O2/c1-3-15-13-16-7-11(19(20)21)12(18-13)17-10-6-8(2)4-5-9(10)14/h4-7H,3H2,1-2H3,(H2,15,16,17,18). The Morgan fingerprint density at radius 1 is 1.43 bits per heavy atom. The molecule has 1 aromatic carbocycles. The second-order valence-electron chi connectivity index (χ2n) is 4.32. The van der Waals surface area contributed by atoms with Gasteiger partial charge in [0.2, 0.25) is 11.8 Å². The average Bonchev–Trinajstić information content (AvgIpc) is 2.43. The number of aryl methyl sites for hydroxylation is 1. The lowest BCUT2D eigenvalue weighted by Gasteiger charge is -2.10. The van der Waals surface area contributed by atoms with Gasteiger partial charge in [-0.2, -0.15) is 4.98 Å². The van der Waals surface area contributed by atoms with Gasteiger partial charge in [0.15, 0.2) is 0 Å². The topological polar surface area (TPSA) is 93.0 Å². The number of hydrogen-bond acceptors (Lipinski definition) is 6. The largest absolute Gasteiger partial charge is 0.354 e. The Kier molecular flexibility index (Phi) is 4.54. The highest BCUT2D eigenvalue weighted by Gasteiger charge is 2.18. The molecule has 0 saturated heterocycles. The van der Waals surface area contributed by atoms with Crippen molar-refractivity contribution in [2.45, 2.75) is 13.8 Å². The molecule has 0 aliphatic heterocycles. The molecule has 0 fully saturated rings. The van der Waals surface area contributed by atoms with E-state index in [0.29, 0.717) is 23.2 Å². The Bertz CT molecular complexity index is 678. The lowest BCUT2D eigenvalue weighted by molar-refractivity contribution is -0.384. The van der Waals surface area contributed by atoms with E-state index in [4.69, 9.17) is 11.6 Å². The van der Waals surface area contributed by atoms with Crippen molar-refractivity contribution >= 4 is 34.7 Å². The van der Waals surface area contributed by atoms with Crippen LogP contribution in [0.3, 0.4) is 0 Å². The van der Waals surface area contributed by atoms with Crippen LogP contribution in [-0.4, -0.2) is 21.4 Å². The number of anilines is 3. The zero-order valence-electron chi connectivity index (χ0n) is 11.6. The van der Waals surface area contributed by atoms with Crippen LogP contribution in [-0.2, 0) is 0 Å². The molecule has 0 radical (unpaired) electrons. The van der Waals surface area contributed by atoms with Gasteiger partial charge in [-0.15, -0.1) is 0 Å². The molecule has 2 aromatic rings. The summed E-state index contributed by atoms with van der Waals surface area (Å²) in [4.78, 5) is 18.5. The SMILES string of the molecule is CCNc1ncc([N+](=O)[O-])c(Nc2cc(C)ccc2Cl)n1. The zero-order chi connectivity index (χ0) is 15.4. The minimum Gasteiger partial charge on any atom is -0.354 e. The normalized spacial score (nSPS) is 10.2. The van der Waals surface area contributed by atoms with Crippen LogP contribution in [0.15, 0.2) is 24.4 Å². The van der Waals surface area contributed by atoms with Crippen molar-refractivity contribution in [1.82, 2.24) is 9.97 Å². The van der Waals surface area contributed by atoms with E-state index in [9.17, 15) is 10.1 Å². The smallest absolute Gasteiger partial charge is 0.329 e. The number of nitrogens with zero attached hydrogens (tertiary/aromatic N) is 3. The van der Waals surface area contributed by atoms with Crippen molar-refractivity contribution < 1.29 is 4.92 Å². The Balaban J connectivity index is 2.43. The van der Waals surface area contributed by atoms with Gasteiger partial charge in [-0.1, -0.05) is 17.7 Å². The minimum atomic E-state index is -0.540. The van der Waals surface area contributed by atoms with Crippen LogP contribution >= 0.6 is 11.6 Å². The lowest BCUT2D eigenvalue weighted by Crippen LogP contribution is -2.07. The van der Waals surface area contributed by atoms with E-state index in [-0.39, 0.29) is 11.5 Å². The third-order valence-corrected chi connectivity index (χ3v) is 3.01. The van der Waals surface area contributed by atoms with Crippen LogP contribution in [0.4, 0.5) is 23.1 Å². The molecule has 1 aromatic heterocycles. The van der Waals surface area contributed by atoms with Crippen LogP contribution in [0.5, 0.6) is 0 Å². The maximum Gasteiger partial charge on any atom is 0.329 e. The van der Waals surface area contributed by atoms with E-state index in [0.717, 1.165) is 11.8 Å². The monoisotopic (exact) mass is 307 g/mol. The molecule has 2 rings (SSSR count). The molecule has 0 unspecified atom stereocenters. The minimum absolute atomic E-state index is 0.0958. The first-order valence-electron chi connectivity index (χ1n) is 6.29. The van der Waals surface area contributed by atoms with Gasteiger partial charge < -0.3 is 10.6 Å². The second-order valence-corrected chi connectivity index (χ2v) is 4.73. The van der Waals surface area contributed by atoms with Gasteiger partial charge in [-0.25, -0.2) is 4.98 Å². The van der Waals surface area contributed by atoms with E-state index < -0.39 is 4.92 Å². The Hall–Kier alpha value is -2.41. The quantitative estimate of drug-likeness (QED) is 0.648. The van der Waals surface area contributed by atoms with Crippen molar-refractivity contribution in [3.05, 3.63) is 45.1 Å². The Labute approximate surface area is 126 Å². The molecule has 21 heavy (non-hydrogen) atoms. The van der Waals surface area contributed by atoms with Crippen LogP contribution in [0.2, 0.25) is 5.02 Å². The van der Waals surface area contributed by atoms with Crippen molar-refractivity contribution in [2.75, 3.05) is 17.2 Å². The summed E-state index contributed by atoms with van der Waals surface area (Å²) < 4.78 is 0. The fourth-order valence-corrected chi connectivity index (χ4v) is 1.87. The maximum atomic E-state index is 11.1. The molecular formula is C13H14ClN5O2. The molecule has 2 N–H and O–H groups in total. The highest BCUT2D eigenvalue weighted by atomic mass is 35.5. The molecule has 0 aliphatic rings. The highest BCUT2D eigenvalue weighted by Crippen LogP contribution is 2.30. The molecule has 110 valence electrons. The summed E-state index contributed by atoms with van der Waals surface area (Å²) in [6, 6.07) is 5.37. The lowest BCUT2D eigenvalue weighted by atomic mass is 10.2. The number of halogens is 1. The molecule has 7 nitrogen and oxygen atoms in total. The van der Waals surface area contributed by atoms with Crippen LogP contribution in [0.1, 0.15) is 12.5 Å². The van der Waals surface area contributed by atoms with Gasteiger partial charge in [0.1, 0.15) is 6.20 Å². The van der Waals surface area contributed by atoms with Crippen molar-refractivity contribution in [1.29, 1.82) is 0 Å². The van der Waals surface area contributed by atoms with Crippen molar-refractivity contribution in [2.24, 2.45) is 0 Å². The summed E-state index contributed by atoms with van der Waals surface area (Å²) in [5, 5.41) is 17.3. The average molecular weight is 308 g/mol. The van der Waals surface area contributed by atoms with Gasteiger partial charge in [-0.3, -0.25) is 10.1 Å². The fraction of sp³-hybridized carbons (Fsp3) is 0.231. The van der Waals surface area contributed by atoms with E-state index in [1.165, 1.54) is 0 Å². The zero-order valence-corrected chi connectivity index (χ0v) is 12.3. The summed E-state index contributed by atoms with van der Waals surface area (Å²) in [7, 11) is 0. The van der Waals surface area contributed by atoms with Crippen LogP contribution < -0.4 is 10.6 Å². The summed E-state index contributed by atoms with van der Waals surface area (Å²) in [5.41, 5.74) is 1.32. The van der Waals surface area contributed by atoms with Gasteiger partial charge in [0.05, 0.1) is 15.6 Å². The number of aromatic nitrogens is 2. The van der Waals surface area contributed by atoms with Crippen molar-refractivity contribution in [3.63, 3.8) is 0 Å². The van der Waals surface area contributed by atoms with E-state index >= 15 is 0 Å². The summed E-state index contributed by atoms with van der Waals surface area (Å²) in [6.07, 6.45) is 1.16. The third kappa shape index (κ3) is 3.57. The summed E-state index contributed by atoms with van der Waals surface area (Å²) in [6.45, 7) is 4.40. The Morgan fingerprint density at radius 3 is 2.86 bits per heavy atom. The van der Waals surface area contributed by atoms with Crippen LogP contribution in [0, 0.1) is 17.0 Å². The van der Waals surface area contributed by atoms with E-state index in [1.54, 1.807) is 12.1 Å². The van der Waals surface area contributed by atoms with Gasteiger partial charge >= 0.3 is 5.69 Å². The molecule has 0 amide bonds. The molecule has 0 bridgehead atoms. The number of benzene rings is 1. The predicted octanol–water partition coefficient (Wildman–Crippen LogP) is 3.52. The molecule has 0 aliphatic carbocycles. The molecule has 8 heteroatoms. The number of rotatable bonds is 5. The van der Waals surface area contributed by atoms with Crippen LogP contribution in [0.25, 0.3) is 0 Å². The molecule has 0 spiro atoms. The van der Waals surface area contributed by atoms with E-state index in [2.05, 4.69) is 20.6 Å². The molecule has 0 atom stereocenters. The first-order chi connectivity index (χ1) is 10.0. The molecule has 1 heterocycles. The number of hydrogen-bond donors (Lipinski definition) is 2. The second kappa shape index (κ2) is 6.36. The summed E-state index contributed by atoms with van der Waals surface area (Å²) >= 11 is 6.09. The first-order valence-corrected chi connectivity index (χ1v) is 6.67. The molecule has 0 saturated carbocycles. The highest BCUT2D eigenvalue weighted by molar-refractivity contribution is 6.33.